The fraction of sp³-hybridized carbons (Fsp3) is 0.263. The maximum atomic E-state index is 12.3. The molecule has 3 N–H and O–H groups in total. The zero-order valence-electron chi connectivity index (χ0n) is 15.7. The van der Waals surface area contributed by atoms with Crippen LogP contribution in [0, 0.1) is 0 Å². The molecule has 0 spiro atoms. The molecule has 0 heterocycles. The van der Waals surface area contributed by atoms with Crippen molar-refractivity contribution < 1.29 is 18.0 Å². The van der Waals surface area contributed by atoms with Gasteiger partial charge in [0.1, 0.15) is 0 Å². The van der Waals surface area contributed by atoms with Crippen molar-refractivity contribution >= 4 is 43.5 Å². The molecule has 0 aromatic heterocycles. The van der Waals surface area contributed by atoms with E-state index in [0.29, 0.717) is 5.69 Å². The van der Waals surface area contributed by atoms with Crippen LogP contribution >= 0.6 is 15.9 Å². The van der Waals surface area contributed by atoms with Gasteiger partial charge in [0.25, 0.3) is 5.91 Å². The first-order chi connectivity index (χ1) is 13.0. The third kappa shape index (κ3) is 6.43. The van der Waals surface area contributed by atoms with Crippen molar-refractivity contribution in [3.63, 3.8) is 0 Å². The van der Waals surface area contributed by atoms with Crippen LogP contribution in [-0.4, -0.2) is 32.3 Å². The Bertz CT molecular complexity index is 967. The lowest BCUT2D eigenvalue weighted by Gasteiger charge is -2.20. The molecule has 0 unspecified atom stereocenters. The number of para-hydroxylation sites is 1. The van der Waals surface area contributed by atoms with Crippen molar-refractivity contribution in [1.29, 1.82) is 0 Å². The van der Waals surface area contributed by atoms with Crippen molar-refractivity contribution in [3.05, 3.63) is 58.6 Å². The lowest BCUT2D eigenvalue weighted by Crippen LogP contribution is -2.40. The van der Waals surface area contributed by atoms with E-state index in [4.69, 9.17) is 0 Å². The molecule has 150 valence electrons. The third-order valence-corrected chi connectivity index (χ3v) is 5.89. The molecule has 0 atom stereocenters. The van der Waals surface area contributed by atoms with Crippen molar-refractivity contribution in [2.45, 2.75) is 31.2 Å². The normalized spacial score (nSPS) is 11.7. The predicted molar refractivity (Wildman–Crippen MR) is 112 cm³/mol. The highest BCUT2D eigenvalue weighted by molar-refractivity contribution is 9.10. The third-order valence-electron chi connectivity index (χ3n) is 3.42. The summed E-state index contributed by atoms with van der Waals surface area (Å²) in [4.78, 5) is 24.2. The van der Waals surface area contributed by atoms with Crippen LogP contribution in [0.25, 0.3) is 0 Å². The molecular formula is C19H22BrN3O4S. The first kappa shape index (κ1) is 22.1. The predicted octanol–water partition coefficient (Wildman–Crippen LogP) is 2.89. The summed E-state index contributed by atoms with van der Waals surface area (Å²) in [5, 5.41) is 5.18. The van der Waals surface area contributed by atoms with Crippen molar-refractivity contribution in [2.24, 2.45) is 0 Å². The number of nitrogens with one attached hydrogen (secondary N) is 3. The molecule has 0 aliphatic rings. The van der Waals surface area contributed by atoms with Gasteiger partial charge in [-0.15, -0.1) is 0 Å². The molecule has 0 fully saturated rings. The molecule has 0 aliphatic heterocycles. The Kier molecular flexibility index (Phi) is 6.97. The average molecular weight is 468 g/mol. The number of rotatable bonds is 6. The Morgan fingerprint density at radius 2 is 1.61 bits per heavy atom. The van der Waals surface area contributed by atoms with Crippen LogP contribution in [0.15, 0.2) is 57.9 Å². The lowest BCUT2D eigenvalue weighted by molar-refractivity contribution is -0.115. The van der Waals surface area contributed by atoms with Gasteiger partial charge in [-0.25, -0.2) is 13.1 Å². The van der Waals surface area contributed by atoms with Crippen LogP contribution < -0.4 is 15.4 Å². The number of hydrogen-bond donors (Lipinski definition) is 3. The van der Waals surface area contributed by atoms with Gasteiger partial charge < -0.3 is 10.6 Å². The Morgan fingerprint density at radius 3 is 2.18 bits per heavy atom. The topological polar surface area (TPSA) is 104 Å². The van der Waals surface area contributed by atoms with E-state index < -0.39 is 21.5 Å². The maximum absolute atomic E-state index is 12.3. The first-order valence-electron chi connectivity index (χ1n) is 8.44. The highest BCUT2D eigenvalue weighted by Gasteiger charge is 2.22. The number of carbonyl (C=O) groups excluding carboxylic acids is 2. The number of carbonyl (C=O) groups is 2. The molecule has 0 saturated heterocycles. The second-order valence-corrected chi connectivity index (χ2v) is 9.63. The van der Waals surface area contributed by atoms with E-state index in [9.17, 15) is 18.0 Å². The van der Waals surface area contributed by atoms with E-state index in [-0.39, 0.29) is 22.9 Å². The van der Waals surface area contributed by atoms with Gasteiger partial charge in [0.15, 0.2) is 0 Å². The molecule has 0 bridgehead atoms. The molecule has 2 amide bonds. The number of sulfonamides is 1. The molecule has 9 heteroatoms. The van der Waals surface area contributed by atoms with Gasteiger partial charge in [-0.1, -0.05) is 12.1 Å². The van der Waals surface area contributed by atoms with Gasteiger partial charge in [0.2, 0.25) is 15.9 Å². The Balaban J connectivity index is 1.96. The van der Waals surface area contributed by atoms with Gasteiger partial charge in [-0.3, -0.25) is 9.59 Å². The van der Waals surface area contributed by atoms with Crippen LogP contribution in [0.4, 0.5) is 5.69 Å². The van der Waals surface area contributed by atoms with E-state index in [1.165, 1.54) is 24.3 Å². The Hall–Kier alpha value is -2.23. The summed E-state index contributed by atoms with van der Waals surface area (Å²) >= 11 is 3.33. The van der Waals surface area contributed by atoms with E-state index in [1.807, 2.05) is 6.07 Å². The highest BCUT2D eigenvalue weighted by Crippen LogP contribution is 2.20. The zero-order valence-corrected chi connectivity index (χ0v) is 18.1. The molecular weight excluding hydrogens is 446 g/mol. The minimum atomic E-state index is -3.68. The van der Waals surface area contributed by atoms with Crippen LogP contribution in [-0.2, 0) is 14.8 Å². The maximum Gasteiger partial charge on any atom is 0.251 e. The monoisotopic (exact) mass is 467 g/mol. The molecule has 2 rings (SSSR count). The molecule has 7 nitrogen and oxygen atoms in total. The number of amides is 2. The fourth-order valence-corrected chi connectivity index (χ4v) is 4.07. The lowest BCUT2D eigenvalue weighted by atomic mass is 10.1. The summed E-state index contributed by atoms with van der Waals surface area (Å²) in [7, 11) is -3.68. The highest BCUT2D eigenvalue weighted by atomic mass is 79.9. The van der Waals surface area contributed by atoms with Gasteiger partial charge in [0, 0.05) is 15.6 Å². The SMILES string of the molecule is CC(C)(C)NS(=O)(=O)c1ccc(C(=O)NCC(=O)Nc2ccccc2Br)cc1. The standard InChI is InChI=1S/C19H22BrN3O4S/c1-19(2,3)23-28(26,27)14-10-8-13(9-11-14)18(25)21-12-17(24)22-16-7-5-4-6-15(16)20/h4-11,23H,12H2,1-3H3,(H,21,25)(H,22,24). The fourth-order valence-electron chi connectivity index (χ4n) is 2.27. The summed E-state index contributed by atoms with van der Waals surface area (Å²) in [5.74, 6) is -0.858. The van der Waals surface area contributed by atoms with E-state index >= 15 is 0 Å². The number of anilines is 1. The van der Waals surface area contributed by atoms with Crippen LogP contribution in [0.1, 0.15) is 31.1 Å². The second-order valence-electron chi connectivity index (χ2n) is 7.09. The Morgan fingerprint density at radius 1 is 1.00 bits per heavy atom. The van der Waals surface area contributed by atoms with Gasteiger partial charge in [-0.05, 0) is 73.1 Å². The smallest absolute Gasteiger partial charge is 0.251 e. The summed E-state index contributed by atoms with van der Waals surface area (Å²) in [6.07, 6.45) is 0. The van der Waals surface area contributed by atoms with Gasteiger partial charge in [-0.2, -0.15) is 0 Å². The minimum absolute atomic E-state index is 0.0608. The Labute approximate surface area is 173 Å². The second kappa shape index (κ2) is 8.85. The summed E-state index contributed by atoms with van der Waals surface area (Å²) in [6.45, 7) is 5.01. The van der Waals surface area contributed by atoms with E-state index in [0.717, 1.165) is 4.47 Å². The molecule has 0 saturated carbocycles. The number of benzene rings is 2. The molecule has 0 aliphatic carbocycles. The summed E-state index contributed by atoms with van der Waals surface area (Å²) < 4.78 is 27.8. The van der Waals surface area contributed by atoms with Crippen LogP contribution in [0.5, 0.6) is 0 Å². The minimum Gasteiger partial charge on any atom is -0.343 e. The molecule has 2 aromatic rings. The quantitative estimate of drug-likeness (QED) is 0.607. The first-order valence-corrected chi connectivity index (χ1v) is 10.7. The van der Waals surface area contributed by atoms with Crippen molar-refractivity contribution in [2.75, 3.05) is 11.9 Å². The van der Waals surface area contributed by atoms with Gasteiger partial charge >= 0.3 is 0 Å². The van der Waals surface area contributed by atoms with Crippen molar-refractivity contribution in [1.82, 2.24) is 10.0 Å². The number of halogens is 1. The molecule has 28 heavy (non-hydrogen) atoms. The molecule has 2 aromatic carbocycles. The van der Waals surface area contributed by atoms with E-state index in [2.05, 4.69) is 31.3 Å². The zero-order chi connectivity index (χ0) is 20.9. The average Bonchev–Trinajstić information content (AvgIpc) is 2.60. The van der Waals surface area contributed by atoms with Crippen LogP contribution in [0.2, 0.25) is 0 Å². The summed E-state index contributed by atoms with van der Waals surface area (Å²) in [6, 6.07) is 12.6. The number of hydrogen-bond acceptors (Lipinski definition) is 4. The van der Waals surface area contributed by atoms with Gasteiger partial charge in [0.05, 0.1) is 17.1 Å². The molecule has 0 radical (unpaired) electrons. The van der Waals surface area contributed by atoms with Crippen LogP contribution in [0.3, 0.4) is 0 Å². The van der Waals surface area contributed by atoms with Crippen molar-refractivity contribution in [3.8, 4) is 0 Å². The summed E-state index contributed by atoms with van der Waals surface area (Å²) in [5.41, 5.74) is 0.238. The van der Waals surface area contributed by atoms with E-state index in [1.54, 1.807) is 39.0 Å². The largest absolute Gasteiger partial charge is 0.343 e.